The van der Waals surface area contributed by atoms with Gasteiger partial charge in [0.1, 0.15) is 0 Å². The molecule has 1 atom stereocenters. The molecule has 0 saturated heterocycles. The van der Waals surface area contributed by atoms with Gasteiger partial charge in [0, 0.05) is 12.2 Å². The van der Waals surface area contributed by atoms with Gasteiger partial charge in [-0.25, -0.2) is 0 Å². The van der Waals surface area contributed by atoms with Gasteiger partial charge in [-0.1, -0.05) is 0 Å². The van der Waals surface area contributed by atoms with Crippen molar-refractivity contribution in [2.75, 3.05) is 17.7 Å². The van der Waals surface area contributed by atoms with E-state index in [2.05, 4.69) is 20.8 Å². The fourth-order valence-electron chi connectivity index (χ4n) is 1.48. The Morgan fingerprint density at radius 1 is 1.39 bits per heavy atom. The maximum absolute atomic E-state index is 9.34. The summed E-state index contributed by atoms with van der Waals surface area (Å²) in [5.41, 5.74) is 1.80. The van der Waals surface area contributed by atoms with Crippen molar-refractivity contribution in [3.05, 3.63) is 30.1 Å². The third-order valence-corrected chi connectivity index (χ3v) is 2.81. The molecule has 1 unspecified atom stereocenters. The number of aliphatic hydroxyl groups excluding tert-OH is 1. The lowest BCUT2D eigenvalue weighted by molar-refractivity contribution is 0.211. The maximum atomic E-state index is 9.34. The SMILES string of the molecule is Cc1nnnn1-c1ccc(NCC(O)CCl)cc1. The lowest BCUT2D eigenvalue weighted by atomic mass is 10.2. The minimum Gasteiger partial charge on any atom is -0.390 e. The molecule has 96 valence electrons. The van der Waals surface area contributed by atoms with E-state index in [4.69, 9.17) is 11.6 Å². The number of alkyl halides is 1. The highest BCUT2D eigenvalue weighted by Gasteiger charge is 2.04. The monoisotopic (exact) mass is 267 g/mol. The zero-order valence-electron chi connectivity index (χ0n) is 9.91. The summed E-state index contributed by atoms with van der Waals surface area (Å²) in [5.74, 6) is 0.947. The summed E-state index contributed by atoms with van der Waals surface area (Å²) in [6, 6.07) is 7.60. The third-order valence-electron chi connectivity index (χ3n) is 2.46. The summed E-state index contributed by atoms with van der Waals surface area (Å²) in [5, 5.41) is 23.7. The van der Waals surface area contributed by atoms with Crippen molar-refractivity contribution < 1.29 is 5.11 Å². The zero-order valence-corrected chi connectivity index (χ0v) is 10.7. The molecule has 0 fully saturated rings. The second-order valence-corrected chi connectivity index (χ2v) is 4.18. The van der Waals surface area contributed by atoms with Crippen LogP contribution in [0.1, 0.15) is 5.82 Å². The molecule has 0 aliphatic heterocycles. The molecule has 0 bridgehead atoms. The number of nitrogens with zero attached hydrogens (tertiary/aromatic N) is 4. The molecule has 18 heavy (non-hydrogen) atoms. The smallest absolute Gasteiger partial charge is 0.153 e. The quantitative estimate of drug-likeness (QED) is 0.790. The van der Waals surface area contributed by atoms with Gasteiger partial charge in [-0.2, -0.15) is 4.68 Å². The molecule has 2 N–H and O–H groups in total. The number of halogens is 1. The molecule has 0 saturated carbocycles. The lowest BCUT2D eigenvalue weighted by Crippen LogP contribution is -2.20. The Hall–Kier alpha value is -1.66. The van der Waals surface area contributed by atoms with E-state index in [0.29, 0.717) is 6.54 Å². The van der Waals surface area contributed by atoms with Crippen molar-refractivity contribution in [1.82, 2.24) is 20.2 Å². The summed E-state index contributed by atoms with van der Waals surface area (Å²) in [7, 11) is 0. The van der Waals surface area contributed by atoms with Crippen molar-refractivity contribution in [2.45, 2.75) is 13.0 Å². The van der Waals surface area contributed by atoms with Crippen LogP contribution in [-0.2, 0) is 0 Å². The standard InChI is InChI=1S/C11H14ClN5O/c1-8-14-15-16-17(8)10-4-2-9(3-5-10)13-7-11(18)6-12/h2-5,11,13,18H,6-7H2,1H3. The summed E-state index contributed by atoms with van der Waals surface area (Å²) >= 11 is 5.51. The molecular weight excluding hydrogens is 254 g/mol. The second-order valence-electron chi connectivity index (χ2n) is 3.87. The number of benzene rings is 1. The first-order valence-electron chi connectivity index (χ1n) is 5.54. The summed E-state index contributed by atoms with van der Waals surface area (Å²) in [4.78, 5) is 0. The van der Waals surface area contributed by atoms with E-state index < -0.39 is 6.10 Å². The number of nitrogens with one attached hydrogen (secondary N) is 1. The minimum absolute atomic E-state index is 0.217. The molecule has 0 radical (unpaired) electrons. The van der Waals surface area contributed by atoms with Crippen LogP contribution in [0.5, 0.6) is 0 Å². The van der Waals surface area contributed by atoms with E-state index >= 15 is 0 Å². The first-order valence-corrected chi connectivity index (χ1v) is 6.07. The van der Waals surface area contributed by atoms with Crippen molar-refractivity contribution >= 4 is 17.3 Å². The average molecular weight is 268 g/mol. The molecule has 0 spiro atoms. The topological polar surface area (TPSA) is 75.9 Å². The lowest BCUT2D eigenvalue weighted by Gasteiger charge is -2.10. The van der Waals surface area contributed by atoms with Crippen LogP contribution in [0.25, 0.3) is 5.69 Å². The first kappa shape index (κ1) is 12.8. The molecule has 7 heteroatoms. The Labute approximate surface area is 110 Å². The number of aliphatic hydroxyl groups is 1. The van der Waals surface area contributed by atoms with Crippen LogP contribution in [0.3, 0.4) is 0 Å². The van der Waals surface area contributed by atoms with Gasteiger partial charge in [-0.3, -0.25) is 0 Å². The minimum atomic E-state index is -0.548. The molecule has 2 rings (SSSR count). The van der Waals surface area contributed by atoms with Crippen LogP contribution in [0.4, 0.5) is 5.69 Å². The summed E-state index contributed by atoms with van der Waals surface area (Å²) < 4.78 is 1.65. The fraction of sp³-hybridized carbons (Fsp3) is 0.364. The Balaban J connectivity index is 2.04. The highest BCUT2D eigenvalue weighted by molar-refractivity contribution is 6.18. The van der Waals surface area contributed by atoms with Gasteiger partial charge in [0.15, 0.2) is 5.82 Å². The van der Waals surface area contributed by atoms with Crippen molar-refractivity contribution in [1.29, 1.82) is 0 Å². The number of tetrazole rings is 1. The van der Waals surface area contributed by atoms with Crippen molar-refractivity contribution in [3.63, 3.8) is 0 Å². The Kier molecular flexibility index (Phi) is 4.11. The summed E-state index contributed by atoms with van der Waals surface area (Å²) in [6.07, 6.45) is -0.548. The normalized spacial score (nSPS) is 12.4. The number of hydrogen-bond donors (Lipinski definition) is 2. The molecule has 0 amide bonds. The average Bonchev–Trinajstić information content (AvgIpc) is 2.83. The van der Waals surface area contributed by atoms with E-state index in [0.717, 1.165) is 17.2 Å². The molecule has 6 nitrogen and oxygen atoms in total. The Bertz CT molecular complexity index is 498. The van der Waals surface area contributed by atoms with E-state index in [1.807, 2.05) is 31.2 Å². The van der Waals surface area contributed by atoms with Crippen LogP contribution in [0.15, 0.2) is 24.3 Å². The number of anilines is 1. The molecule has 1 heterocycles. The zero-order chi connectivity index (χ0) is 13.0. The molecule has 1 aromatic heterocycles. The van der Waals surface area contributed by atoms with Crippen LogP contribution >= 0.6 is 11.6 Å². The third kappa shape index (κ3) is 2.96. The van der Waals surface area contributed by atoms with Gasteiger partial charge in [-0.05, 0) is 41.6 Å². The number of rotatable bonds is 5. The Morgan fingerprint density at radius 2 is 2.11 bits per heavy atom. The number of aromatic nitrogens is 4. The van der Waals surface area contributed by atoms with E-state index in [1.54, 1.807) is 4.68 Å². The Morgan fingerprint density at radius 3 is 2.67 bits per heavy atom. The van der Waals surface area contributed by atoms with Crippen LogP contribution in [0.2, 0.25) is 0 Å². The highest BCUT2D eigenvalue weighted by atomic mass is 35.5. The maximum Gasteiger partial charge on any atom is 0.153 e. The molecule has 0 aliphatic carbocycles. The predicted molar refractivity (Wildman–Crippen MR) is 69.1 cm³/mol. The van der Waals surface area contributed by atoms with Gasteiger partial charge in [-0.15, -0.1) is 16.7 Å². The molecule has 2 aromatic rings. The van der Waals surface area contributed by atoms with Crippen LogP contribution < -0.4 is 5.32 Å². The van der Waals surface area contributed by atoms with Crippen LogP contribution in [-0.4, -0.2) is 43.8 Å². The first-order chi connectivity index (χ1) is 8.70. The number of hydrogen-bond acceptors (Lipinski definition) is 5. The van der Waals surface area contributed by atoms with E-state index in [1.165, 1.54) is 0 Å². The van der Waals surface area contributed by atoms with Crippen LogP contribution in [0, 0.1) is 6.92 Å². The van der Waals surface area contributed by atoms with Crippen molar-refractivity contribution in [2.24, 2.45) is 0 Å². The second kappa shape index (κ2) is 5.79. The summed E-state index contributed by atoms with van der Waals surface area (Å²) in [6.45, 7) is 2.26. The largest absolute Gasteiger partial charge is 0.390 e. The van der Waals surface area contributed by atoms with Gasteiger partial charge in [0.2, 0.25) is 0 Å². The van der Waals surface area contributed by atoms with Gasteiger partial charge < -0.3 is 10.4 Å². The van der Waals surface area contributed by atoms with Crippen molar-refractivity contribution in [3.8, 4) is 5.69 Å². The number of aryl methyl sites for hydroxylation is 1. The molecular formula is C11H14ClN5O. The van der Waals surface area contributed by atoms with Gasteiger partial charge in [0.25, 0.3) is 0 Å². The fourth-order valence-corrected chi connectivity index (χ4v) is 1.59. The van der Waals surface area contributed by atoms with E-state index in [-0.39, 0.29) is 5.88 Å². The van der Waals surface area contributed by atoms with Gasteiger partial charge >= 0.3 is 0 Å². The predicted octanol–water partition coefficient (Wildman–Crippen LogP) is 0.982. The molecule has 0 aliphatic rings. The van der Waals surface area contributed by atoms with Gasteiger partial charge in [0.05, 0.1) is 17.7 Å². The highest BCUT2D eigenvalue weighted by Crippen LogP contribution is 2.13. The van der Waals surface area contributed by atoms with E-state index in [9.17, 15) is 5.11 Å². The molecule has 1 aromatic carbocycles.